The summed E-state index contributed by atoms with van der Waals surface area (Å²) in [6.45, 7) is 8.27. The number of hydrogen-bond acceptors (Lipinski definition) is 4. The topological polar surface area (TPSA) is 66.9 Å². The Morgan fingerprint density at radius 1 is 1.17 bits per heavy atom. The summed E-state index contributed by atoms with van der Waals surface area (Å²) in [5.41, 5.74) is 1.14. The number of benzene rings is 1. The fraction of sp³-hybridized carbons (Fsp3) is 0.389. The lowest BCUT2D eigenvalue weighted by atomic mass is 10.1. The number of aromatic nitrogens is 2. The number of aryl methyl sites for hydroxylation is 1. The molecule has 5 nitrogen and oxygen atoms in total. The largest absolute Gasteiger partial charge is 0.365 e. The van der Waals surface area contributed by atoms with Gasteiger partial charge < -0.3 is 10.6 Å². The molecule has 1 amide bonds. The second-order valence-corrected chi connectivity index (χ2v) is 6.69. The molecule has 0 saturated heterocycles. The molecule has 1 aromatic heterocycles. The zero-order valence-electron chi connectivity index (χ0n) is 14.5. The highest BCUT2D eigenvalue weighted by Gasteiger charge is 2.14. The van der Waals surface area contributed by atoms with Gasteiger partial charge in [0.05, 0.1) is 0 Å². The van der Waals surface area contributed by atoms with E-state index in [-0.39, 0.29) is 17.3 Å². The number of rotatable bonds is 5. The average Bonchev–Trinajstić information content (AvgIpc) is 2.46. The predicted molar refractivity (Wildman–Crippen MR) is 92.6 cm³/mol. The minimum Gasteiger partial charge on any atom is -0.365 e. The van der Waals surface area contributed by atoms with E-state index in [1.165, 1.54) is 12.1 Å². The molecule has 2 N–H and O–H groups in total. The average molecular weight is 330 g/mol. The molecule has 0 fully saturated rings. The van der Waals surface area contributed by atoms with Crippen molar-refractivity contribution in [3.63, 3.8) is 0 Å². The minimum absolute atomic E-state index is 0.156. The smallest absolute Gasteiger partial charge is 0.270 e. The lowest BCUT2D eigenvalue weighted by Gasteiger charge is -2.21. The summed E-state index contributed by atoms with van der Waals surface area (Å²) in [6, 6.07) is 7.89. The summed E-state index contributed by atoms with van der Waals surface area (Å²) >= 11 is 0. The molecule has 0 spiro atoms. The molecule has 128 valence electrons. The van der Waals surface area contributed by atoms with E-state index >= 15 is 0 Å². The highest BCUT2D eigenvalue weighted by atomic mass is 19.1. The van der Waals surface area contributed by atoms with Crippen molar-refractivity contribution in [3.05, 3.63) is 53.2 Å². The van der Waals surface area contributed by atoms with Gasteiger partial charge in [0.1, 0.15) is 23.2 Å². The zero-order valence-corrected chi connectivity index (χ0v) is 14.5. The number of carbonyl (C=O) groups excluding carboxylic acids is 1. The summed E-state index contributed by atoms with van der Waals surface area (Å²) in [7, 11) is 0. The van der Waals surface area contributed by atoms with Gasteiger partial charge in [0.25, 0.3) is 5.91 Å². The third-order valence-electron chi connectivity index (χ3n) is 3.19. The number of nitrogens with zero attached hydrogens (tertiary/aromatic N) is 2. The Labute approximate surface area is 141 Å². The number of carbonyl (C=O) groups is 1. The van der Waals surface area contributed by atoms with Gasteiger partial charge in [-0.1, -0.05) is 12.1 Å². The molecule has 0 aliphatic carbocycles. The predicted octanol–water partition coefficient (Wildman–Crippen LogP) is 3.11. The van der Waals surface area contributed by atoms with Crippen molar-refractivity contribution in [3.8, 4) is 0 Å². The van der Waals surface area contributed by atoms with E-state index in [1.807, 2.05) is 20.8 Å². The van der Waals surface area contributed by atoms with Gasteiger partial charge in [0, 0.05) is 18.2 Å². The van der Waals surface area contributed by atoms with Crippen LogP contribution in [0.4, 0.5) is 10.2 Å². The molecule has 0 saturated carbocycles. The van der Waals surface area contributed by atoms with Crippen LogP contribution in [0.1, 0.15) is 42.6 Å². The first-order valence-electron chi connectivity index (χ1n) is 7.89. The van der Waals surface area contributed by atoms with E-state index in [9.17, 15) is 9.18 Å². The maximum atomic E-state index is 12.9. The quantitative estimate of drug-likeness (QED) is 0.884. The van der Waals surface area contributed by atoms with E-state index < -0.39 is 0 Å². The first kappa shape index (κ1) is 17.8. The molecule has 0 unspecified atom stereocenters. The lowest BCUT2D eigenvalue weighted by Crippen LogP contribution is -2.29. The molecule has 1 heterocycles. The van der Waals surface area contributed by atoms with Crippen molar-refractivity contribution < 1.29 is 9.18 Å². The maximum absolute atomic E-state index is 12.9. The number of halogens is 1. The van der Waals surface area contributed by atoms with Gasteiger partial charge in [-0.25, -0.2) is 14.4 Å². The van der Waals surface area contributed by atoms with Gasteiger partial charge in [-0.3, -0.25) is 4.79 Å². The molecular formula is C18H23FN4O. The normalized spacial score (nSPS) is 11.2. The van der Waals surface area contributed by atoms with Crippen molar-refractivity contribution in [1.82, 2.24) is 15.3 Å². The van der Waals surface area contributed by atoms with Crippen LogP contribution in [0, 0.1) is 12.7 Å². The first-order valence-corrected chi connectivity index (χ1v) is 7.89. The van der Waals surface area contributed by atoms with Crippen LogP contribution in [0.5, 0.6) is 0 Å². The molecule has 2 aromatic rings. The Kier molecular flexibility index (Phi) is 5.49. The Morgan fingerprint density at radius 3 is 2.46 bits per heavy atom. The van der Waals surface area contributed by atoms with Gasteiger partial charge in [-0.2, -0.15) is 0 Å². The molecule has 24 heavy (non-hydrogen) atoms. The molecule has 2 rings (SSSR count). The van der Waals surface area contributed by atoms with Crippen LogP contribution in [0.2, 0.25) is 0 Å². The highest BCUT2D eigenvalue weighted by Crippen LogP contribution is 2.13. The Morgan fingerprint density at radius 2 is 1.83 bits per heavy atom. The third-order valence-corrected chi connectivity index (χ3v) is 3.19. The summed E-state index contributed by atoms with van der Waals surface area (Å²) in [6.07, 6.45) is 0.628. The van der Waals surface area contributed by atoms with Crippen LogP contribution in [-0.2, 0) is 6.42 Å². The van der Waals surface area contributed by atoms with Crippen LogP contribution < -0.4 is 10.6 Å². The van der Waals surface area contributed by atoms with E-state index in [4.69, 9.17) is 0 Å². The molecule has 0 bridgehead atoms. The van der Waals surface area contributed by atoms with E-state index in [1.54, 1.807) is 25.1 Å². The number of nitrogens with one attached hydrogen (secondary N) is 2. The minimum atomic E-state index is -0.266. The van der Waals surface area contributed by atoms with Crippen molar-refractivity contribution in [2.24, 2.45) is 0 Å². The Bertz CT molecular complexity index is 708. The second-order valence-electron chi connectivity index (χ2n) is 6.69. The molecule has 0 aliphatic heterocycles. The van der Waals surface area contributed by atoms with Crippen molar-refractivity contribution in [2.45, 2.75) is 39.7 Å². The van der Waals surface area contributed by atoms with Gasteiger partial charge in [0.2, 0.25) is 0 Å². The molecule has 0 atom stereocenters. The summed E-state index contributed by atoms with van der Waals surface area (Å²) in [5.74, 6) is 0.643. The van der Waals surface area contributed by atoms with Crippen LogP contribution in [0.3, 0.4) is 0 Å². The van der Waals surface area contributed by atoms with Gasteiger partial charge >= 0.3 is 0 Å². The molecular weight excluding hydrogens is 307 g/mol. The Hall–Kier alpha value is -2.50. The van der Waals surface area contributed by atoms with E-state index in [0.717, 1.165) is 5.56 Å². The van der Waals surface area contributed by atoms with Crippen molar-refractivity contribution in [1.29, 1.82) is 0 Å². The summed E-state index contributed by atoms with van der Waals surface area (Å²) in [4.78, 5) is 20.8. The van der Waals surface area contributed by atoms with Crippen molar-refractivity contribution >= 4 is 11.7 Å². The molecule has 6 heteroatoms. The zero-order chi connectivity index (χ0) is 17.7. The second kappa shape index (κ2) is 7.38. The fourth-order valence-corrected chi connectivity index (χ4v) is 2.19. The van der Waals surface area contributed by atoms with Gasteiger partial charge in [0.15, 0.2) is 0 Å². The highest BCUT2D eigenvalue weighted by molar-refractivity contribution is 5.92. The van der Waals surface area contributed by atoms with Crippen LogP contribution in [0.15, 0.2) is 30.3 Å². The number of amides is 1. The molecule has 0 radical (unpaired) electrons. The van der Waals surface area contributed by atoms with Crippen LogP contribution >= 0.6 is 0 Å². The monoisotopic (exact) mass is 330 g/mol. The first-order chi connectivity index (χ1) is 11.2. The molecule has 1 aromatic carbocycles. The third kappa shape index (κ3) is 5.61. The Balaban J connectivity index is 1.97. The lowest BCUT2D eigenvalue weighted by molar-refractivity contribution is 0.0948. The summed E-state index contributed by atoms with van der Waals surface area (Å²) < 4.78 is 12.9. The van der Waals surface area contributed by atoms with Crippen LogP contribution in [-0.4, -0.2) is 28.0 Å². The maximum Gasteiger partial charge on any atom is 0.270 e. The standard InChI is InChI=1S/C18H23FN4O/c1-12-21-15(11-16(22-12)23-18(2,3)4)17(24)20-10-9-13-5-7-14(19)8-6-13/h5-8,11H,9-10H2,1-4H3,(H,20,24)(H,21,22,23). The van der Waals surface area contributed by atoms with Crippen molar-refractivity contribution in [2.75, 3.05) is 11.9 Å². The van der Waals surface area contributed by atoms with E-state index in [0.29, 0.717) is 30.3 Å². The number of anilines is 1. The van der Waals surface area contributed by atoms with E-state index in [2.05, 4.69) is 20.6 Å². The number of hydrogen-bond donors (Lipinski definition) is 2. The van der Waals surface area contributed by atoms with Gasteiger partial charge in [-0.15, -0.1) is 0 Å². The van der Waals surface area contributed by atoms with Crippen LogP contribution in [0.25, 0.3) is 0 Å². The van der Waals surface area contributed by atoms with Gasteiger partial charge in [-0.05, 0) is 51.8 Å². The fourth-order valence-electron chi connectivity index (χ4n) is 2.19. The SMILES string of the molecule is Cc1nc(NC(C)(C)C)cc(C(=O)NCCc2ccc(F)cc2)n1. The molecule has 0 aliphatic rings. The summed E-state index contributed by atoms with van der Waals surface area (Å²) in [5, 5.41) is 6.07.